The summed E-state index contributed by atoms with van der Waals surface area (Å²) in [6.45, 7) is 0. The first-order chi connectivity index (χ1) is 12.1. The third kappa shape index (κ3) is 3.21. The summed E-state index contributed by atoms with van der Waals surface area (Å²) in [6.07, 6.45) is 1.92. The van der Waals surface area contributed by atoms with Crippen molar-refractivity contribution in [1.82, 2.24) is 20.5 Å². The van der Waals surface area contributed by atoms with Crippen LogP contribution < -0.4 is 16.0 Å². The van der Waals surface area contributed by atoms with Crippen LogP contribution in [0.5, 0.6) is 0 Å². The van der Waals surface area contributed by atoms with E-state index in [0.29, 0.717) is 17.2 Å². The molecular formula is C16H16N6O3. The smallest absolute Gasteiger partial charge is 0.254 e. The largest absolute Gasteiger partial charge is 0.340 e. The van der Waals surface area contributed by atoms with Gasteiger partial charge in [-0.3, -0.25) is 24.8 Å². The van der Waals surface area contributed by atoms with Gasteiger partial charge in [-0.2, -0.15) is 4.98 Å². The first-order valence-electron chi connectivity index (χ1n) is 8.03. The molecule has 1 fully saturated rings. The second kappa shape index (κ2) is 6.00. The number of carbonyl (C=O) groups excluding carboxylic acids is 3. The van der Waals surface area contributed by atoms with Gasteiger partial charge in [-0.25, -0.2) is 0 Å². The summed E-state index contributed by atoms with van der Waals surface area (Å²) in [5.74, 6) is 0.0286. The number of amides is 3. The zero-order valence-corrected chi connectivity index (χ0v) is 13.2. The standard InChI is InChI=1S/C16H16N6O3/c23-12(19-16-20-13(21-22-16)8-5-6-8)7-11-15(25)17-10-4-2-1-3-9(10)14(24)18-11/h1-4,8,11H,5-7H2,(H,17,25)(H,18,24)(H2,19,20,21,22,23). The van der Waals surface area contributed by atoms with Gasteiger partial charge in [0.15, 0.2) is 0 Å². The summed E-state index contributed by atoms with van der Waals surface area (Å²) >= 11 is 0. The monoisotopic (exact) mass is 340 g/mol. The number of nitrogens with one attached hydrogen (secondary N) is 4. The number of benzene rings is 1. The maximum absolute atomic E-state index is 12.3. The van der Waals surface area contributed by atoms with E-state index in [0.717, 1.165) is 18.7 Å². The average molecular weight is 340 g/mol. The van der Waals surface area contributed by atoms with Crippen LogP contribution in [-0.4, -0.2) is 38.9 Å². The number of aromatic amines is 1. The lowest BCUT2D eigenvalue weighted by Gasteiger charge is -2.13. The average Bonchev–Trinajstić information content (AvgIpc) is 3.35. The van der Waals surface area contributed by atoms with E-state index in [-0.39, 0.29) is 12.4 Å². The summed E-state index contributed by atoms with van der Waals surface area (Å²) in [7, 11) is 0. The van der Waals surface area contributed by atoms with E-state index in [1.165, 1.54) is 0 Å². The molecule has 0 spiro atoms. The van der Waals surface area contributed by atoms with Gasteiger partial charge in [0.1, 0.15) is 11.9 Å². The summed E-state index contributed by atoms with van der Waals surface area (Å²) in [5.41, 5.74) is 0.790. The Morgan fingerprint density at radius 3 is 2.84 bits per heavy atom. The number of rotatable bonds is 4. The van der Waals surface area contributed by atoms with Crippen molar-refractivity contribution < 1.29 is 14.4 Å². The highest BCUT2D eigenvalue weighted by atomic mass is 16.2. The zero-order chi connectivity index (χ0) is 17.4. The molecule has 9 nitrogen and oxygen atoms in total. The Bertz CT molecular complexity index is 857. The fraction of sp³-hybridized carbons (Fsp3) is 0.312. The van der Waals surface area contributed by atoms with Crippen LogP contribution in [0.25, 0.3) is 0 Å². The molecule has 128 valence electrons. The summed E-state index contributed by atoms with van der Waals surface area (Å²) in [6, 6.07) is 5.71. The number of fused-ring (bicyclic) bond motifs is 1. The number of carbonyl (C=O) groups is 3. The van der Waals surface area contributed by atoms with E-state index in [9.17, 15) is 14.4 Å². The molecule has 2 aromatic rings. The van der Waals surface area contributed by atoms with Gasteiger partial charge in [-0.05, 0) is 25.0 Å². The molecular weight excluding hydrogens is 324 g/mol. The number of anilines is 2. The SMILES string of the molecule is O=C(CC1NC(=O)c2ccccc2NC1=O)Nc1n[nH]c(C2CC2)n1. The first kappa shape index (κ1) is 15.3. The van der Waals surface area contributed by atoms with Crippen molar-refractivity contribution in [3.63, 3.8) is 0 Å². The predicted octanol–water partition coefficient (Wildman–Crippen LogP) is 0.761. The number of para-hydroxylation sites is 1. The molecule has 3 amide bonds. The van der Waals surface area contributed by atoms with Crippen LogP contribution in [0.2, 0.25) is 0 Å². The molecule has 9 heteroatoms. The van der Waals surface area contributed by atoms with E-state index in [1.54, 1.807) is 24.3 Å². The van der Waals surface area contributed by atoms with E-state index in [4.69, 9.17) is 0 Å². The molecule has 4 N–H and O–H groups in total. The second-order valence-electron chi connectivity index (χ2n) is 6.13. The molecule has 1 saturated carbocycles. The Morgan fingerprint density at radius 2 is 2.04 bits per heavy atom. The molecule has 2 aliphatic rings. The summed E-state index contributed by atoms with van der Waals surface area (Å²) < 4.78 is 0. The normalized spacial score (nSPS) is 19.4. The van der Waals surface area contributed by atoms with Crippen molar-refractivity contribution >= 4 is 29.4 Å². The van der Waals surface area contributed by atoms with E-state index in [1.807, 2.05) is 0 Å². The molecule has 0 radical (unpaired) electrons. The molecule has 1 aliphatic carbocycles. The van der Waals surface area contributed by atoms with Gasteiger partial charge in [-0.1, -0.05) is 12.1 Å². The molecule has 0 saturated heterocycles. The fourth-order valence-corrected chi connectivity index (χ4v) is 2.69. The minimum absolute atomic E-state index is 0.176. The quantitative estimate of drug-likeness (QED) is 0.653. The highest BCUT2D eigenvalue weighted by Crippen LogP contribution is 2.38. The van der Waals surface area contributed by atoms with Crippen LogP contribution in [0.4, 0.5) is 11.6 Å². The molecule has 0 bridgehead atoms. The molecule has 25 heavy (non-hydrogen) atoms. The lowest BCUT2D eigenvalue weighted by Crippen LogP contribution is -2.43. The van der Waals surface area contributed by atoms with Crippen molar-refractivity contribution in [2.75, 3.05) is 10.6 Å². The van der Waals surface area contributed by atoms with Gasteiger partial charge < -0.3 is 10.6 Å². The Balaban J connectivity index is 1.42. The van der Waals surface area contributed by atoms with E-state index in [2.05, 4.69) is 31.1 Å². The Morgan fingerprint density at radius 1 is 1.24 bits per heavy atom. The van der Waals surface area contributed by atoms with Crippen molar-refractivity contribution in [2.45, 2.75) is 31.2 Å². The third-order valence-electron chi connectivity index (χ3n) is 4.16. The van der Waals surface area contributed by atoms with Gasteiger partial charge in [0, 0.05) is 5.92 Å². The van der Waals surface area contributed by atoms with Crippen molar-refractivity contribution in [1.29, 1.82) is 0 Å². The number of H-pyrrole nitrogens is 1. The molecule has 1 aromatic carbocycles. The Labute approximate surface area is 142 Å². The highest BCUT2D eigenvalue weighted by molar-refractivity contribution is 6.11. The number of hydrogen-bond donors (Lipinski definition) is 4. The van der Waals surface area contributed by atoms with Crippen LogP contribution >= 0.6 is 0 Å². The minimum Gasteiger partial charge on any atom is -0.340 e. The fourth-order valence-electron chi connectivity index (χ4n) is 2.69. The number of aromatic nitrogens is 3. The third-order valence-corrected chi connectivity index (χ3v) is 4.16. The van der Waals surface area contributed by atoms with Crippen molar-refractivity contribution in [3.05, 3.63) is 35.7 Å². The van der Waals surface area contributed by atoms with Crippen LogP contribution in [0.15, 0.2) is 24.3 Å². The van der Waals surface area contributed by atoms with E-state index >= 15 is 0 Å². The molecule has 1 aromatic heterocycles. The van der Waals surface area contributed by atoms with Gasteiger partial charge in [0.05, 0.1) is 17.7 Å². The van der Waals surface area contributed by atoms with E-state index < -0.39 is 23.8 Å². The van der Waals surface area contributed by atoms with Gasteiger partial charge in [0.25, 0.3) is 5.91 Å². The zero-order valence-electron chi connectivity index (χ0n) is 13.2. The number of nitrogens with zero attached hydrogens (tertiary/aromatic N) is 2. The summed E-state index contributed by atoms with van der Waals surface area (Å²) in [5, 5.41) is 14.5. The Kier molecular flexibility index (Phi) is 3.68. The van der Waals surface area contributed by atoms with Crippen molar-refractivity contribution in [2.24, 2.45) is 0 Å². The predicted molar refractivity (Wildman–Crippen MR) is 87.9 cm³/mol. The van der Waals surface area contributed by atoms with Gasteiger partial charge >= 0.3 is 0 Å². The number of hydrogen-bond acceptors (Lipinski definition) is 5. The van der Waals surface area contributed by atoms with Crippen LogP contribution in [0.1, 0.15) is 41.4 Å². The Hall–Kier alpha value is -3.23. The second-order valence-corrected chi connectivity index (χ2v) is 6.13. The summed E-state index contributed by atoms with van der Waals surface area (Å²) in [4.78, 5) is 40.9. The van der Waals surface area contributed by atoms with Crippen LogP contribution in [0.3, 0.4) is 0 Å². The van der Waals surface area contributed by atoms with Crippen molar-refractivity contribution in [3.8, 4) is 0 Å². The molecule has 1 aliphatic heterocycles. The lowest BCUT2D eigenvalue weighted by molar-refractivity contribution is -0.122. The first-order valence-corrected chi connectivity index (χ1v) is 8.03. The maximum atomic E-state index is 12.3. The molecule has 2 heterocycles. The molecule has 1 atom stereocenters. The van der Waals surface area contributed by atoms with Gasteiger partial charge in [0.2, 0.25) is 17.8 Å². The highest BCUT2D eigenvalue weighted by Gasteiger charge is 2.30. The molecule has 1 unspecified atom stereocenters. The maximum Gasteiger partial charge on any atom is 0.254 e. The van der Waals surface area contributed by atoms with Gasteiger partial charge in [-0.15, -0.1) is 5.10 Å². The van der Waals surface area contributed by atoms with Crippen LogP contribution in [-0.2, 0) is 9.59 Å². The molecule has 4 rings (SSSR count). The van der Waals surface area contributed by atoms with Crippen LogP contribution in [0, 0.1) is 0 Å². The minimum atomic E-state index is -0.971. The lowest BCUT2D eigenvalue weighted by atomic mass is 10.1. The topological polar surface area (TPSA) is 129 Å².